The van der Waals surface area contributed by atoms with Gasteiger partial charge in [-0.05, 0) is 158 Å². The van der Waals surface area contributed by atoms with Crippen molar-refractivity contribution in [3.05, 3.63) is 75.4 Å². The molecule has 2 fully saturated rings. The number of aromatic nitrogens is 2. The highest BCUT2D eigenvalue weighted by molar-refractivity contribution is 14.1. The summed E-state index contributed by atoms with van der Waals surface area (Å²) in [5.41, 5.74) is 5.97. The summed E-state index contributed by atoms with van der Waals surface area (Å²) in [5.74, 6) is 0.810. The number of hydrogen-bond donors (Lipinski definition) is 1. The highest BCUT2D eigenvalue weighted by atomic mass is 127. The lowest BCUT2D eigenvalue weighted by molar-refractivity contribution is 0.0515. The molecule has 2 heterocycles. The summed E-state index contributed by atoms with van der Waals surface area (Å²) in [7, 11) is 3.52. The molecule has 2 aromatic heterocycles. The Morgan fingerprint density at radius 2 is 1.30 bits per heavy atom. The van der Waals surface area contributed by atoms with Gasteiger partial charge >= 0.3 is 0 Å². The first-order chi connectivity index (χ1) is 24.2. The Morgan fingerprint density at radius 1 is 0.820 bits per heavy atom. The van der Waals surface area contributed by atoms with Crippen molar-refractivity contribution in [2.45, 2.75) is 95.3 Å². The number of carbonyl (C=O) groups excluding carboxylic acids is 2. The molecule has 2 aromatic carbocycles. The van der Waals surface area contributed by atoms with Gasteiger partial charge in [-0.1, -0.05) is 38.3 Å². The number of benzene rings is 2. The number of pyridine rings is 2. The molecule has 6 nitrogen and oxygen atoms in total. The van der Waals surface area contributed by atoms with E-state index in [1.165, 1.54) is 5.56 Å². The maximum absolute atomic E-state index is 12.9. The zero-order chi connectivity index (χ0) is 36.2. The van der Waals surface area contributed by atoms with Crippen LogP contribution in [0.5, 0.6) is 0 Å². The minimum Gasteiger partial charge on any atom is -0.381 e. The van der Waals surface area contributed by atoms with Gasteiger partial charge in [0.05, 0.1) is 22.8 Å². The third-order valence-corrected chi connectivity index (χ3v) is 11.2. The van der Waals surface area contributed by atoms with E-state index < -0.39 is 0 Å². The zero-order valence-electron chi connectivity index (χ0n) is 29.8. The van der Waals surface area contributed by atoms with Crippen molar-refractivity contribution < 1.29 is 19.1 Å². The Hall–Kier alpha value is -2.09. The highest BCUT2D eigenvalue weighted by Gasteiger charge is 2.28. The van der Waals surface area contributed by atoms with E-state index in [0.717, 1.165) is 112 Å². The summed E-state index contributed by atoms with van der Waals surface area (Å²) in [6.45, 7) is 4.24. The number of halogens is 1. The van der Waals surface area contributed by atoms with Gasteiger partial charge in [-0.25, -0.2) is 4.98 Å². The number of aromatic amines is 1. The molecular formula is C40H49IN2O4S3. The maximum atomic E-state index is 12.9. The minimum atomic E-state index is 0.131. The summed E-state index contributed by atoms with van der Waals surface area (Å²) in [6, 6.07) is 16.1. The van der Waals surface area contributed by atoms with Crippen molar-refractivity contribution in [2.75, 3.05) is 20.5 Å². The van der Waals surface area contributed by atoms with Gasteiger partial charge in [0.2, 0.25) is 0 Å². The average molecular weight is 845 g/mol. The molecule has 0 atom stereocenters. The van der Waals surface area contributed by atoms with Crippen LogP contribution in [0.3, 0.4) is 0 Å². The standard InChI is InChI=1S/C20H25NO2S.C19H23NO2S.CHIS/c1-4-13-11-16-12-15(7-10-18(16)21-20(13)24-3)19(22)14-5-8-17(23-2)9-6-14;1-3-12-10-15-11-14(6-9-17(15)20-19(12)23)18(21)13-4-7-16(22-2)8-5-13;2-1-3/h7,10-12,14,17H,4-6,8-9H2,1-3H3;6,9-11,13,16H,3-5,7-8H2,1-2H3,(H,20,23);1H. The van der Waals surface area contributed by atoms with E-state index in [9.17, 15) is 9.59 Å². The maximum Gasteiger partial charge on any atom is 0.165 e. The van der Waals surface area contributed by atoms with Crippen LogP contribution in [-0.4, -0.2) is 57.6 Å². The van der Waals surface area contributed by atoms with Crippen LogP contribution in [-0.2, 0) is 22.3 Å². The number of nitrogens with one attached hydrogen (secondary N) is 1. The lowest BCUT2D eigenvalue weighted by atomic mass is 9.82. The number of nitrogens with zero attached hydrogens (tertiary/aromatic N) is 1. The fourth-order valence-electron chi connectivity index (χ4n) is 7.05. The van der Waals surface area contributed by atoms with Crippen molar-refractivity contribution in [1.29, 1.82) is 0 Å². The number of Topliss-reactive ketones (excluding diaryl/α,β-unsaturated/α-hetero) is 2. The van der Waals surface area contributed by atoms with Gasteiger partial charge < -0.3 is 14.5 Å². The van der Waals surface area contributed by atoms with Crippen LogP contribution in [0.2, 0.25) is 0 Å². The van der Waals surface area contributed by atoms with Crippen LogP contribution < -0.4 is 0 Å². The molecule has 0 spiro atoms. The second-order valence-corrected chi connectivity index (χ2v) is 15.8. The third kappa shape index (κ3) is 10.5. The number of ketones is 2. The van der Waals surface area contributed by atoms with E-state index in [1.807, 2.05) is 59.0 Å². The van der Waals surface area contributed by atoms with E-state index in [0.29, 0.717) is 12.2 Å². The second kappa shape index (κ2) is 20.2. The number of H-pyrrole nitrogens is 1. The third-order valence-electron chi connectivity index (χ3n) is 10.1. The molecular weight excluding hydrogens is 796 g/mol. The van der Waals surface area contributed by atoms with Crippen molar-refractivity contribution in [3.63, 3.8) is 0 Å². The van der Waals surface area contributed by atoms with E-state index in [2.05, 4.69) is 49.4 Å². The molecule has 1 N–H and O–H groups in total. The summed E-state index contributed by atoms with van der Waals surface area (Å²) in [4.78, 5) is 33.6. The Bertz CT molecular complexity index is 1830. The molecule has 4 aromatic rings. The first-order valence-electron chi connectivity index (χ1n) is 17.5. The Morgan fingerprint density at radius 3 is 1.78 bits per heavy atom. The monoisotopic (exact) mass is 844 g/mol. The molecule has 6 rings (SSSR count). The van der Waals surface area contributed by atoms with E-state index in [1.54, 1.807) is 29.4 Å². The summed E-state index contributed by atoms with van der Waals surface area (Å²) in [6.07, 6.45) is 12.2. The Kier molecular flexibility index (Phi) is 16.5. The van der Waals surface area contributed by atoms with Crippen LogP contribution in [0.25, 0.3) is 21.8 Å². The summed E-state index contributed by atoms with van der Waals surface area (Å²) in [5, 5.41) is 3.22. The van der Waals surface area contributed by atoms with Crippen LogP contribution in [0.15, 0.2) is 53.6 Å². The van der Waals surface area contributed by atoms with Crippen LogP contribution in [0, 0.1) is 16.5 Å². The van der Waals surface area contributed by atoms with Crippen molar-refractivity contribution in [1.82, 2.24) is 9.97 Å². The first-order valence-corrected chi connectivity index (χ1v) is 20.9. The molecule has 0 amide bonds. The summed E-state index contributed by atoms with van der Waals surface area (Å²) >= 11 is 13.3. The topological polar surface area (TPSA) is 81.3 Å². The van der Waals surface area contributed by atoms with Gasteiger partial charge in [0.15, 0.2) is 11.6 Å². The fraction of sp³-hybridized carbons (Fsp3) is 0.475. The van der Waals surface area contributed by atoms with E-state index in [-0.39, 0.29) is 23.4 Å². The molecule has 2 saturated carbocycles. The first kappa shape index (κ1) is 40.7. The second-order valence-electron chi connectivity index (χ2n) is 12.9. The molecule has 0 radical (unpaired) electrons. The molecule has 268 valence electrons. The number of ether oxygens (including phenoxy) is 2. The normalized spacial score (nSPS) is 20.3. The van der Waals surface area contributed by atoms with Gasteiger partial charge in [-0.2, -0.15) is 0 Å². The Labute approximate surface area is 325 Å². The predicted octanol–water partition coefficient (Wildman–Crippen LogP) is 11.1. The van der Waals surface area contributed by atoms with Gasteiger partial charge in [-0.3, -0.25) is 9.59 Å². The average Bonchev–Trinajstić information content (AvgIpc) is 3.16. The van der Waals surface area contributed by atoms with Crippen molar-refractivity contribution in [2.24, 2.45) is 11.8 Å². The minimum absolute atomic E-state index is 0.131. The number of carbonyl (C=O) groups is 2. The lowest BCUT2D eigenvalue weighted by Crippen LogP contribution is -2.25. The molecule has 50 heavy (non-hydrogen) atoms. The predicted molar refractivity (Wildman–Crippen MR) is 223 cm³/mol. The van der Waals surface area contributed by atoms with Crippen LogP contribution in [0.4, 0.5) is 0 Å². The van der Waals surface area contributed by atoms with Crippen molar-refractivity contribution in [3.8, 4) is 0 Å². The summed E-state index contributed by atoms with van der Waals surface area (Å²) < 4.78 is 13.1. The zero-order valence-corrected chi connectivity index (χ0v) is 34.4. The molecule has 0 aliphatic heterocycles. The van der Waals surface area contributed by atoms with Crippen LogP contribution >= 0.6 is 58.8 Å². The number of rotatable bonds is 9. The number of hydrogen-bond acceptors (Lipinski definition) is 8. The van der Waals surface area contributed by atoms with Crippen LogP contribution in [0.1, 0.15) is 97.1 Å². The fourth-order valence-corrected chi connectivity index (χ4v) is 8.01. The van der Waals surface area contributed by atoms with Gasteiger partial charge in [-0.15, -0.1) is 11.8 Å². The van der Waals surface area contributed by atoms with Gasteiger partial charge in [0.1, 0.15) is 4.64 Å². The number of aryl methyl sites for hydroxylation is 2. The molecule has 2 aliphatic carbocycles. The van der Waals surface area contributed by atoms with E-state index >= 15 is 0 Å². The molecule has 2 aliphatic rings. The molecule has 10 heteroatoms. The highest BCUT2D eigenvalue weighted by Crippen LogP contribution is 2.32. The van der Waals surface area contributed by atoms with Crippen molar-refractivity contribution >= 4 is 95.5 Å². The Balaban J connectivity index is 0.000000209. The number of methoxy groups -OCH3 is 2. The van der Waals surface area contributed by atoms with Gasteiger partial charge in [0.25, 0.3) is 0 Å². The number of thioether (sulfide) groups is 1. The van der Waals surface area contributed by atoms with Gasteiger partial charge in [0, 0.05) is 51.5 Å². The molecule has 0 bridgehead atoms. The molecule has 0 saturated heterocycles. The lowest BCUT2D eigenvalue weighted by Gasteiger charge is -2.26. The number of fused-ring (bicyclic) bond motifs is 2. The smallest absolute Gasteiger partial charge is 0.165 e. The SMILES string of the molecule is CCc1cc2cc(C(=O)C3CCC(OC)CC3)ccc2[nH]c1=S.CCc1cc2cc(C(=O)C3CCC(OC)CC3)ccc2nc1SC.S=CI. The van der Waals surface area contributed by atoms with E-state index in [4.69, 9.17) is 26.7 Å². The molecule has 0 unspecified atom stereocenters. The number of thiocarbonyl (C=S) groups is 1. The quantitative estimate of drug-likeness (QED) is 0.0587. The largest absolute Gasteiger partial charge is 0.381 e.